The Hall–Kier alpha value is -1.47. The number of nitrogens with one attached hydrogen (secondary N) is 1. The van der Waals surface area contributed by atoms with Crippen LogP contribution < -0.4 is 5.32 Å². The number of nitrogens with zero attached hydrogens (tertiary/aromatic N) is 1. The van der Waals surface area contributed by atoms with Crippen molar-refractivity contribution in [3.63, 3.8) is 0 Å². The first-order chi connectivity index (χ1) is 8.98. The van der Waals surface area contributed by atoms with Gasteiger partial charge in [-0.25, -0.2) is 12.7 Å². The van der Waals surface area contributed by atoms with Crippen LogP contribution in [0.1, 0.15) is 11.1 Å². The van der Waals surface area contributed by atoms with Gasteiger partial charge in [0.25, 0.3) is 0 Å². The third kappa shape index (κ3) is 2.02. The topological polar surface area (TPSA) is 66.5 Å². The molecule has 5 nitrogen and oxygen atoms in total. The van der Waals surface area contributed by atoms with Crippen molar-refractivity contribution < 1.29 is 13.2 Å². The minimum absolute atomic E-state index is 0.0130. The maximum absolute atomic E-state index is 12.5. The minimum atomic E-state index is -3.58. The normalized spacial score (nSPS) is 19.7. The maximum atomic E-state index is 12.5. The molecule has 0 spiro atoms. The summed E-state index contributed by atoms with van der Waals surface area (Å²) in [5.74, 6) is -0.371. The molecule has 1 aliphatic carbocycles. The summed E-state index contributed by atoms with van der Waals surface area (Å²) >= 11 is 4.90. The summed E-state index contributed by atoms with van der Waals surface area (Å²) in [5, 5.41) is 1.81. The van der Waals surface area contributed by atoms with Gasteiger partial charge >= 0.3 is 0 Å². The second-order valence-electron chi connectivity index (χ2n) is 4.70. The van der Waals surface area contributed by atoms with Crippen molar-refractivity contribution in [3.8, 4) is 0 Å². The highest BCUT2D eigenvalue weighted by Crippen LogP contribution is 2.28. The van der Waals surface area contributed by atoms with Crippen LogP contribution in [0.25, 0.3) is 0 Å². The predicted molar refractivity (Wildman–Crippen MR) is 74.0 cm³/mol. The van der Waals surface area contributed by atoms with E-state index in [0.717, 1.165) is 15.4 Å². The standard InChI is InChI=1S/C12H12N2O3S2/c15-11-7-14(12(18)13-11)19(16,17)10-5-8-3-1-2-4-9(8)6-10/h1-4,10H,5-7H2,(H,13,15,18). The predicted octanol–water partition coefficient (Wildman–Crippen LogP) is 0.200. The van der Waals surface area contributed by atoms with Crippen molar-refractivity contribution >= 4 is 33.3 Å². The first-order valence-electron chi connectivity index (χ1n) is 5.90. The van der Waals surface area contributed by atoms with Gasteiger partial charge in [-0.1, -0.05) is 24.3 Å². The zero-order chi connectivity index (χ0) is 13.6. The lowest BCUT2D eigenvalue weighted by atomic mass is 10.1. The van der Waals surface area contributed by atoms with E-state index >= 15 is 0 Å². The van der Waals surface area contributed by atoms with E-state index in [1.807, 2.05) is 24.3 Å². The molecule has 0 aromatic heterocycles. The molecule has 1 aromatic rings. The van der Waals surface area contributed by atoms with Gasteiger partial charge in [0.15, 0.2) is 5.11 Å². The van der Waals surface area contributed by atoms with Crippen LogP contribution in [-0.2, 0) is 27.7 Å². The molecule has 7 heteroatoms. The summed E-state index contributed by atoms with van der Waals surface area (Å²) < 4.78 is 26.0. The lowest BCUT2D eigenvalue weighted by Crippen LogP contribution is -2.41. The van der Waals surface area contributed by atoms with E-state index in [-0.39, 0.29) is 17.6 Å². The second-order valence-corrected chi connectivity index (χ2v) is 7.23. The van der Waals surface area contributed by atoms with Crippen LogP contribution >= 0.6 is 12.2 Å². The van der Waals surface area contributed by atoms with Crippen LogP contribution in [0.3, 0.4) is 0 Å². The van der Waals surface area contributed by atoms with Gasteiger partial charge in [-0.15, -0.1) is 0 Å². The number of carbonyl (C=O) groups is 1. The zero-order valence-corrected chi connectivity index (χ0v) is 11.6. The largest absolute Gasteiger partial charge is 0.301 e. The number of sulfonamides is 1. The van der Waals surface area contributed by atoms with Gasteiger partial charge in [-0.05, 0) is 36.2 Å². The van der Waals surface area contributed by atoms with Crippen molar-refractivity contribution in [2.75, 3.05) is 6.54 Å². The number of hydrogen-bond donors (Lipinski definition) is 1. The minimum Gasteiger partial charge on any atom is -0.301 e. The quantitative estimate of drug-likeness (QED) is 0.792. The SMILES string of the molecule is O=C1CN(S(=O)(=O)C2Cc3ccccc3C2)C(=S)N1. The van der Waals surface area contributed by atoms with Gasteiger partial charge in [0.2, 0.25) is 15.9 Å². The van der Waals surface area contributed by atoms with Crippen molar-refractivity contribution in [1.29, 1.82) is 0 Å². The van der Waals surface area contributed by atoms with Gasteiger partial charge in [0, 0.05) is 0 Å². The Labute approximate surface area is 116 Å². The Balaban J connectivity index is 1.88. The summed E-state index contributed by atoms with van der Waals surface area (Å²) in [6.45, 7) is -0.200. The molecule has 2 aliphatic rings. The summed E-state index contributed by atoms with van der Waals surface area (Å²) in [6, 6.07) is 7.69. The van der Waals surface area contributed by atoms with Gasteiger partial charge in [-0.3, -0.25) is 4.79 Å². The smallest absolute Gasteiger partial charge is 0.247 e. The molecule has 1 aromatic carbocycles. The van der Waals surface area contributed by atoms with Crippen LogP contribution in [-0.4, -0.2) is 35.5 Å². The molecule has 0 unspecified atom stereocenters. The molecule has 3 rings (SSSR count). The summed E-state index contributed by atoms with van der Waals surface area (Å²) in [5.41, 5.74) is 2.11. The van der Waals surface area contributed by atoms with Crippen LogP contribution in [0.2, 0.25) is 0 Å². The maximum Gasteiger partial charge on any atom is 0.247 e. The Kier molecular flexibility index (Phi) is 2.83. The molecular weight excluding hydrogens is 284 g/mol. The fraction of sp³-hybridized carbons (Fsp3) is 0.333. The van der Waals surface area contributed by atoms with E-state index in [4.69, 9.17) is 12.2 Å². The summed E-state index contributed by atoms with van der Waals surface area (Å²) in [7, 11) is -3.58. The van der Waals surface area contributed by atoms with Gasteiger partial charge in [-0.2, -0.15) is 0 Å². The molecular formula is C12H12N2O3S2. The highest BCUT2D eigenvalue weighted by Gasteiger charge is 2.41. The Bertz CT molecular complexity index is 644. The number of fused-ring (bicyclic) bond motifs is 1. The van der Waals surface area contributed by atoms with E-state index in [9.17, 15) is 13.2 Å². The highest BCUT2D eigenvalue weighted by molar-refractivity contribution is 7.92. The Morgan fingerprint density at radius 1 is 1.21 bits per heavy atom. The van der Waals surface area contributed by atoms with Gasteiger partial charge in [0.1, 0.15) is 6.54 Å². The van der Waals surface area contributed by atoms with E-state index in [1.165, 1.54) is 0 Å². The fourth-order valence-corrected chi connectivity index (χ4v) is 4.74. The summed E-state index contributed by atoms with van der Waals surface area (Å²) in [4.78, 5) is 11.2. The van der Waals surface area contributed by atoms with Crippen LogP contribution in [0.5, 0.6) is 0 Å². The van der Waals surface area contributed by atoms with Crippen LogP contribution in [0, 0.1) is 0 Å². The van der Waals surface area contributed by atoms with Crippen molar-refractivity contribution in [3.05, 3.63) is 35.4 Å². The zero-order valence-electron chi connectivity index (χ0n) is 10.00. The molecule has 19 heavy (non-hydrogen) atoms. The van der Waals surface area contributed by atoms with E-state index in [1.54, 1.807) is 0 Å². The average molecular weight is 296 g/mol. The van der Waals surface area contributed by atoms with Gasteiger partial charge in [0.05, 0.1) is 5.25 Å². The van der Waals surface area contributed by atoms with Crippen LogP contribution in [0.15, 0.2) is 24.3 Å². The number of rotatable bonds is 2. The lowest BCUT2D eigenvalue weighted by molar-refractivity contribution is -0.118. The number of hydrogen-bond acceptors (Lipinski definition) is 4. The summed E-state index contributed by atoms with van der Waals surface area (Å²) in [6.07, 6.45) is 0.956. The molecule has 1 amide bonds. The molecule has 100 valence electrons. The number of benzene rings is 1. The molecule has 0 atom stereocenters. The third-order valence-electron chi connectivity index (χ3n) is 3.50. The average Bonchev–Trinajstić information content (AvgIpc) is 2.92. The molecule has 0 saturated carbocycles. The second kappa shape index (κ2) is 4.28. The number of carbonyl (C=O) groups excluding carboxylic acids is 1. The molecule has 1 fully saturated rings. The molecule has 1 aliphatic heterocycles. The Morgan fingerprint density at radius 2 is 1.79 bits per heavy atom. The number of thiocarbonyl (C=S) groups is 1. The fourth-order valence-electron chi connectivity index (χ4n) is 2.54. The molecule has 1 N–H and O–H groups in total. The molecule has 0 bridgehead atoms. The monoisotopic (exact) mass is 296 g/mol. The number of amides is 1. The van der Waals surface area contributed by atoms with Crippen molar-refractivity contribution in [1.82, 2.24) is 9.62 Å². The third-order valence-corrected chi connectivity index (χ3v) is 6.04. The molecule has 0 radical (unpaired) electrons. The van der Waals surface area contributed by atoms with Crippen molar-refractivity contribution in [2.45, 2.75) is 18.1 Å². The lowest BCUT2D eigenvalue weighted by Gasteiger charge is -2.20. The first kappa shape index (κ1) is 12.6. The first-order valence-corrected chi connectivity index (χ1v) is 7.82. The van der Waals surface area contributed by atoms with Crippen LogP contribution in [0.4, 0.5) is 0 Å². The Morgan fingerprint density at radius 3 is 2.26 bits per heavy atom. The van der Waals surface area contributed by atoms with E-state index in [0.29, 0.717) is 12.8 Å². The van der Waals surface area contributed by atoms with E-state index in [2.05, 4.69) is 5.32 Å². The van der Waals surface area contributed by atoms with Crippen molar-refractivity contribution in [2.24, 2.45) is 0 Å². The van der Waals surface area contributed by atoms with Gasteiger partial charge < -0.3 is 5.32 Å². The highest BCUT2D eigenvalue weighted by atomic mass is 32.2. The molecule has 1 saturated heterocycles. The molecule has 1 heterocycles. The van der Waals surface area contributed by atoms with E-state index < -0.39 is 15.3 Å².